The van der Waals surface area contributed by atoms with Crippen molar-refractivity contribution >= 4 is 5.91 Å². The summed E-state index contributed by atoms with van der Waals surface area (Å²) in [5, 5.41) is 7.17. The summed E-state index contributed by atoms with van der Waals surface area (Å²) in [6, 6.07) is 11.1. The van der Waals surface area contributed by atoms with Crippen LogP contribution in [-0.2, 0) is 6.61 Å². The zero-order valence-corrected chi connectivity index (χ0v) is 14.4. The molecule has 0 bridgehead atoms. The second-order valence-electron chi connectivity index (χ2n) is 5.45. The minimum Gasteiger partial charge on any atom is -0.486 e. The average molecular weight is 404 g/mol. The average Bonchev–Trinajstić information content (AvgIpc) is 3.15. The molecule has 2 aromatic carbocycles. The number of rotatable bonds is 6. The number of carbonyl (C=O) groups is 1. The lowest BCUT2D eigenvalue weighted by Crippen LogP contribution is -2.17. The number of nitrogens with zero attached hydrogens (tertiary/aromatic N) is 6. The van der Waals surface area contributed by atoms with Crippen molar-refractivity contribution in [2.75, 3.05) is 0 Å². The summed E-state index contributed by atoms with van der Waals surface area (Å²) in [4.78, 5) is 17.9. The number of azide groups is 1. The van der Waals surface area contributed by atoms with E-state index >= 15 is 0 Å². The first-order valence-corrected chi connectivity index (χ1v) is 7.93. The number of alkyl halides is 3. The summed E-state index contributed by atoms with van der Waals surface area (Å²) in [5.41, 5.74) is 8.95. The van der Waals surface area contributed by atoms with Gasteiger partial charge < -0.3 is 9.47 Å². The first kappa shape index (κ1) is 19.7. The first-order chi connectivity index (χ1) is 13.8. The fraction of sp³-hybridized carbons (Fsp3) is 0.118. The summed E-state index contributed by atoms with van der Waals surface area (Å²) in [6.07, 6.45) is -3.37. The molecule has 1 amide bonds. The second kappa shape index (κ2) is 8.31. The highest BCUT2D eigenvalue weighted by atomic mass is 19.4. The molecule has 0 unspecified atom stereocenters. The van der Waals surface area contributed by atoms with Crippen molar-refractivity contribution in [3.05, 3.63) is 76.7 Å². The van der Waals surface area contributed by atoms with Crippen molar-refractivity contribution in [1.82, 2.24) is 14.8 Å². The molecule has 0 radical (unpaired) electrons. The zero-order valence-electron chi connectivity index (χ0n) is 14.4. The standard InChI is InChI=1S/C17H11F3N6O3/c18-17(19,20)29-14-7-3-12(4-8-14)26-10-22-15(24-26)9-28-13-5-1-11(2-6-13)16(27)23-25-21/h1-8,10H,9H2. The van der Waals surface area contributed by atoms with Gasteiger partial charge in [0, 0.05) is 10.5 Å². The molecule has 9 nitrogen and oxygen atoms in total. The SMILES string of the molecule is [N-]=[N+]=NC(=O)c1ccc(OCc2ncn(-c3ccc(OC(F)(F)F)cc3)n2)cc1. The monoisotopic (exact) mass is 404 g/mol. The van der Waals surface area contributed by atoms with E-state index in [1.165, 1.54) is 59.5 Å². The molecule has 0 saturated heterocycles. The topological polar surface area (TPSA) is 115 Å². The third-order valence-electron chi connectivity index (χ3n) is 3.48. The molecule has 1 aromatic heterocycles. The fourth-order valence-electron chi connectivity index (χ4n) is 2.23. The molecule has 0 fully saturated rings. The fourth-order valence-corrected chi connectivity index (χ4v) is 2.23. The molecular formula is C17H11F3N6O3. The van der Waals surface area contributed by atoms with Crippen molar-refractivity contribution in [3.63, 3.8) is 0 Å². The Morgan fingerprint density at radius 1 is 1.10 bits per heavy atom. The molecule has 148 valence electrons. The van der Waals surface area contributed by atoms with E-state index in [4.69, 9.17) is 10.3 Å². The smallest absolute Gasteiger partial charge is 0.486 e. The van der Waals surface area contributed by atoms with Gasteiger partial charge >= 0.3 is 6.36 Å². The molecule has 0 aliphatic rings. The number of carbonyl (C=O) groups excluding carboxylic acids is 1. The molecule has 1 heterocycles. The van der Waals surface area contributed by atoms with Crippen molar-refractivity contribution in [2.45, 2.75) is 13.0 Å². The number of hydrogen-bond donors (Lipinski definition) is 0. The Bertz CT molecular complexity index is 1040. The minimum absolute atomic E-state index is 0.0198. The Hall–Kier alpha value is -4.05. The third-order valence-corrected chi connectivity index (χ3v) is 3.48. The zero-order chi connectivity index (χ0) is 20.9. The normalized spacial score (nSPS) is 10.9. The van der Waals surface area contributed by atoms with Gasteiger partial charge in [0.15, 0.2) is 5.82 Å². The van der Waals surface area contributed by atoms with Gasteiger partial charge in [-0.1, -0.05) is 0 Å². The lowest BCUT2D eigenvalue weighted by molar-refractivity contribution is -0.274. The highest BCUT2D eigenvalue weighted by Gasteiger charge is 2.30. The number of ether oxygens (including phenoxy) is 2. The van der Waals surface area contributed by atoms with Gasteiger partial charge in [0.1, 0.15) is 24.4 Å². The summed E-state index contributed by atoms with van der Waals surface area (Å²) in [6.45, 7) is 0.0198. The van der Waals surface area contributed by atoms with Gasteiger partial charge in [-0.05, 0) is 59.2 Å². The Labute approximate surface area is 160 Å². The van der Waals surface area contributed by atoms with Crippen LogP contribution < -0.4 is 9.47 Å². The van der Waals surface area contributed by atoms with Crippen molar-refractivity contribution in [1.29, 1.82) is 0 Å². The van der Waals surface area contributed by atoms with Crippen molar-refractivity contribution in [2.24, 2.45) is 5.11 Å². The van der Waals surface area contributed by atoms with E-state index in [0.717, 1.165) is 0 Å². The maximum atomic E-state index is 12.2. The molecule has 0 spiro atoms. The van der Waals surface area contributed by atoms with Gasteiger partial charge in [-0.3, -0.25) is 4.79 Å². The number of amides is 1. The predicted molar refractivity (Wildman–Crippen MR) is 92.3 cm³/mol. The third kappa shape index (κ3) is 5.47. The summed E-state index contributed by atoms with van der Waals surface area (Å²) in [7, 11) is 0. The Morgan fingerprint density at radius 3 is 2.38 bits per heavy atom. The van der Waals surface area contributed by atoms with Crippen LogP contribution in [0.25, 0.3) is 16.1 Å². The number of aromatic nitrogens is 3. The molecule has 3 aromatic rings. The molecule has 0 saturated carbocycles. The van der Waals surface area contributed by atoms with Crippen LogP contribution in [0.1, 0.15) is 16.2 Å². The lowest BCUT2D eigenvalue weighted by atomic mass is 10.2. The molecule has 0 aliphatic heterocycles. The van der Waals surface area contributed by atoms with Gasteiger partial charge in [0.25, 0.3) is 0 Å². The van der Waals surface area contributed by atoms with Crippen molar-refractivity contribution < 1.29 is 27.4 Å². The van der Waals surface area contributed by atoms with Crippen LogP contribution in [0.5, 0.6) is 11.5 Å². The number of hydrogen-bond acceptors (Lipinski definition) is 5. The van der Waals surface area contributed by atoms with Crippen LogP contribution in [0.15, 0.2) is 60.0 Å². The maximum absolute atomic E-state index is 12.2. The Morgan fingerprint density at radius 2 is 1.76 bits per heavy atom. The van der Waals surface area contributed by atoms with Crippen LogP contribution >= 0.6 is 0 Å². The van der Waals surface area contributed by atoms with Gasteiger partial charge in [-0.15, -0.1) is 18.3 Å². The maximum Gasteiger partial charge on any atom is 0.573 e. The predicted octanol–water partition coefficient (Wildman–Crippen LogP) is 4.20. The number of benzene rings is 2. The molecular weight excluding hydrogens is 393 g/mol. The van der Waals surface area contributed by atoms with Gasteiger partial charge in [0.05, 0.1) is 5.69 Å². The first-order valence-electron chi connectivity index (χ1n) is 7.93. The minimum atomic E-state index is -4.76. The molecule has 12 heteroatoms. The molecule has 0 aliphatic carbocycles. The molecule has 0 N–H and O–H groups in total. The van der Waals surface area contributed by atoms with Gasteiger partial charge in [-0.25, -0.2) is 9.67 Å². The molecule has 0 atom stereocenters. The van der Waals surface area contributed by atoms with E-state index in [0.29, 0.717) is 17.3 Å². The second-order valence-corrected chi connectivity index (χ2v) is 5.45. The van der Waals surface area contributed by atoms with Crippen LogP contribution in [0.3, 0.4) is 0 Å². The van der Waals surface area contributed by atoms with Crippen molar-refractivity contribution in [3.8, 4) is 17.2 Å². The van der Waals surface area contributed by atoms with Crippen LogP contribution in [0.2, 0.25) is 0 Å². The van der Waals surface area contributed by atoms with E-state index in [-0.39, 0.29) is 17.9 Å². The Kier molecular flexibility index (Phi) is 5.65. The highest BCUT2D eigenvalue weighted by Crippen LogP contribution is 2.23. The Balaban J connectivity index is 1.60. The van der Waals surface area contributed by atoms with E-state index in [1.807, 2.05) is 0 Å². The highest BCUT2D eigenvalue weighted by molar-refractivity contribution is 5.94. The van der Waals surface area contributed by atoms with Gasteiger partial charge in [0.2, 0.25) is 5.91 Å². The summed E-state index contributed by atoms with van der Waals surface area (Å²) >= 11 is 0. The molecule has 3 rings (SSSR count). The van der Waals surface area contributed by atoms with E-state index < -0.39 is 12.3 Å². The molecule has 29 heavy (non-hydrogen) atoms. The largest absolute Gasteiger partial charge is 0.573 e. The summed E-state index contributed by atoms with van der Waals surface area (Å²) in [5.74, 6) is -0.277. The van der Waals surface area contributed by atoms with Crippen LogP contribution in [0, 0.1) is 0 Å². The van der Waals surface area contributed by atoms with E-state index in [9.17, 15) is 18.0 Å². The van der Waals surface area contributed by atoms with Crippen LogP contribution in [0.4, 0.5) is 13.2 Å². The van der Waals surface area contributed by atoms with Crippen LogP contribution in [-0.4, -0.2) is 27.0 Å². The quantitative estimate of drug-likeness (QED) is 0.347. The summed E-state index contributed by atoms with van der Waals surface area (Å²) < 4.78 is 47.3. The van der Waals surface area contributed by atoms with E-state index in [1.54, 1.807) is 0 Å². The lowest BCUT2D eigenvalue weighted by Gasteiger charge is -2.09. The van der Waals surface area contributed by atoms with E-state index in [2.05, 4.69) is 24.8 Å². The van der Waals surface area contributed by atoms with Gasteiger partial charge in [-0.2, -0.15) is 0 Å². The number of halogens is 3.